The SMILES string of the molecule is CC(C)OCCCCN1C(=O)C2(CCCC2)NC1C. The van der Waals surface area contributed by atoms with Crippen molar-refractivity contribution in [3.8, 4) is 0 Å². The number of ether oxygens (including phenoxy) is 1. The van der Waals surface area contributed by atoms with Gasteiger partial charge in [0, 0.05) is 13.2 Å². The summed E-state index contributed by atoms with van der Waals surface area (Å²) in [6, 6.07) is 0. The minimum Gasteiger partial charge on any atom is -0.379 e. The lowest BCUT2D eigenvalue weighted by molar-refractivity contribution is -0.133. The molecule has 4 heteroatoms. The Bertz CT molecular complexity index is 311. The van der Waals surface area contributed by atoms with E-state index in [9.17, 15) is 4.79 Å². The van der Waals surface area contributed by atoms with E-state index in [-0.39, 0.29) is 11.7 Å². The Hall–Kier alpha value is -0.610. The lowest BCUT2D eigenvalue weighted by Gasteiger charge is -2.22. The molecule has 1 spiro atoms. The molecule has 2 fully saturated rings. The number of nitrogens with zero attached hydrogens (tertiary/aromatic N) is 1. The van der Waals surface area contributed by atoms with Crippen molar-refractivity contribution in [1.29, 1.82) is 0 Å². The van der Waals surface area contributed by atoms with Crippen molar-refractivity contribution in [1.82, 2.24) is 10.2 Å². The minimum absolute atomic E-state index is 0.191. The molecule has 1 amide bonds. The third-order valence-corrected chi connectivity index (χ3v) is 4.32. The molecule has 19 heavy (non-hydrogen) atoms. The zero-order valence-corrected chi connectivity index (χ0v) is 12.6. The molecule has 0 aromatic rings. The smallest absolute Gasteiger partial charge is 0.244 e. The average Bonchev–Trinajstić information content (AvgIpc) is 2.89. The van der Waals surface area contributed by atoms with Crippen molar-refractivity contribution in [2.45, 2.75) is 77.1 Å². The molecule has 0 aromatic carbocycles. The Morgan fingerprint density at radius 3 is 2.68 bits per heavy atom. The predicted molar refractivity (Wildman–Crippen MR) is 75.8 cm³/mol. The van der Waals surface area contributed by atoms with Crippen LogP contribution in [0.2, 0.25) is 0 Å². The van der Waals surface area contributed by atoms with E-state index in [0.29, 0.717) is 12.0 Å². The molecule has 1 saturated carbocycles. The van der Waals surface area contributed by atoms with E-state index < -0.39 is 0 Å². The van der Waals surface area contributed by atoms with Crippen LogP contribution in [0.15, 0.2) is 0 Å². The second kappa shape index (κ2) is 6.23. The maximum atomic E-state index is 12.5. The average molecular weight is 268 g/mol. The lowest BCUT2D eigenvalue weighted by Crippen LogP contribution is -2.44. The number of carbonyl (C=O) groups excluding carboxylic acids is 1. The summed E-state index contributed by atoms with van der Waals surface area (Å²) in [5.74, 6) is 0.335. The lowest BCUT2D eigenvalue weighted by atomic mass is 9.98. The van der Waals surface area contributed by atoms with Crippen LogP contribution in [-0.4, -0.2) is 41.8 Å². The number of hydrogen-bond acceptors (Lipinski definition) is 3. The molecule has 0 radical (unpaired) electrons. The first kappa shape index (κ1) is 14.8. The molecule has 0 aromatic heterocycles. The second-order valence-electron chi connectivity index (χ2n) is 6.23. The summed E-state index contributed by atoms with van der Waals surface area (Å²) in [5, 5.41) is 3.53. The molecular weight excluding hydrogens is 240 g/mol. The molecule has 1 heterocycles. The van der Waals surface area contributed by atoms with Gasteiger partial charge in [-0.3, -0.25) is 10.1 Å². The van der Waals surface area contributed by atoms with Crippen molar-refractivity contribution < 1.29 is 9.53 Å². The summed E-state index contributed by atoms with van der Waals surface area (Å²) < 4.78 is 5.53. The molecule has 1 aliphatic heterocycles. The van der Waals surface area contributed by atoms with E-state index in [1.165, 1.54) is 12.8 Å². The largest absolute Gasteiger partial charge is 0.379 e. The quantitative estimate of drug-likeness (QED) is 0.751. The summed E-state index contributed by atoms with van der Waals surface area (Å²) in [7, 11) is 0. The van der Waals surface area contributed by atoms with Gasteiger partial charge in [-0.05, 0) is 46.5 Å². The number of rotatable bonds is 6. The molecule has 1 unspecified atom stereocenters. The van der Waals surface area contributed by atoms with Gasteiger partial charge < -0.3 is 9.64 Å². The van der Waals surface area contributed by atoms with Crippen LogP contribution in [0.25, 0.3) is 0 Å². The van der Waals surface area contributed by atoms with Crippen molar-refractivity contribution >= 4 is 5.91 Å². The Labute approximate surface area is 116 Å². The van der Waals surface area contributed by atoms with Crippen molar-refractivity contribution in [3.63, 3.8) is 0 Å². The van der Waals surface area contributed by atoms with E-state index in [4.69, 9.17) is 4.74 Å². The fraction of sp³-hybridized carbons (Fsp3) is 0.933. The fourth-order valence-corrected chi connectivity index (χ4v) is 3.33. The number of amides is 1. The van der Waals surface area contributed by atoms with Gasteiger partial charge in [-0.25, -0.2) is 0 Å². The number of hydrogen-bond donors (Lipinski definition) is 1. The molecule has 1 atom stereocenters. The molecule has 0 bridgehead atoms. The van der Waals surface area contributed by atoms with Gasteiger partial charge in [-0.15, -0.1) is 0 Å². The molecule has 1 N–H and O–H groups in total. The Morgan fingerprint density at radius 1 is 1.37 bits per heavy atom. The van der Waals surface area contributed by atoms with Gasteiger partial charge >= 0.3 is 0 Å². The molecule has 110 valence electrons. The first-order valence-electron chi connectivity index (χ1n) is 7.75. The van der Waals surface area contributed by atoms with Crippen LogP contribution in [0.1, 0.15) is 59.3 Å². The highest BCUT2D eigenvalue weighted by molar-refractivity contribution is 5.89. The van der Waals surface area contributed by atoms with E-state index in [1.54, 1.807) is 0 Å². The van der Waals surface area contributed by atoms with Crippen molar-refractivity contribution in [2.24, 2.45) is 0 Å². The van der Waals surface area contributed by atoms with E-state index >= 15 is 0 Å². The number of nitrogens with one attached hydrogen (secondary N) is 1. The Balaban J connectivity index is 1.76. The topological polar surface area (TPSA) is 41.6 Å². The zero-order valence-electron chi connectivity index (χ0n) is 12.6. The highest BCUT2D eigenvalue weighted by Crippen LogP contribution is 2.36. The van der Waals surface area contributed by atoms with Crippen LogP contribution in [0.5, 0.6) is 0 Å². The summed E-state index contributed by atoms with van der Waals surface area (Å²) in [6.45, 7) is 7.87. The van der Waals surface area contributed by atoms with Crippen LogP contribution < -0.4 is 5.32 Å². The van der Waals surface area contributed by atoms with Gasteiger partial charge in [0.2, 0.25) is 5.91 Å². The summed E-state index contributed by atoms with van der Waals surface area (Å²) >= 11 is 0. The predicted octanol–water partition coefficient (Wildman–Crippen LogP) is 2.28. The van der Waals surface area contributed by atoms with Gasteiger partial charge in [0.05, 0.1) is 17.8 Å². The second-order valence-corrected chi connectivity index (χ2v) is 6.23. The van der Waals surface area contributed by atoms with Crippen molar-refractivity contribution in [2.75, 3.05) is 13.2 Å². The van der Waals surface area contributed by atoms with Crippen molar-refractivity contribution in [3.05, 3.63) is 0 Å². The van der Waals surface area contributed by atoms with Crippen LogP contribution in [-0.2, 0) is 9.53 Å². The summed E-state index contributed by atoms with van der Waals surface area (Å²) in [6.07, 6.45) is 6.95. The van der Waals surface area contributed by atoms with Crippen LogP contribution >= 0.6 is 0 Å². The Kier molecular flexibility index (Phi) is 4.85. The standard InChI is InChI=1S/C15H28N2O2/c1-12(2)19-11-7-6-10-17-13(3)16-15(14(17)18)8-4-5-9-15/h12-13,16H,4-11H2,1-3H3. The zero-order chi connectivity index (χ0) is 13.9. The minimum atomic E-state index is -0.214. The van der Waals surface area contributed by atoms with Crippen LogP contribution in [0, 0.1) is 0 Å². The maximum Gasteiger partial charge on any atom is 0.244 e. The summed E-state index contributed by atoms with van der Waals surface area (Å²) in [4.78, 5) is 14.6. The first-order chi connectivity index (χ1) is 9.05. The molecule has 2 rings (SSSR count). The number of carbonyl (C=O) groups is 1. The highest BCUT2D eigenvalue weighted by Gasteiger charge is 2.50. The normalized spacial score (nSPS) is 26.0. The van der Waals surface area contributed by atoms with E-state index in [0.717, 1.165) is 38.8 Å². The third-order valence-electron chi connectivity index (χ3n) is 4.32. The first-order valence-corrected chi connectivity index (χ1v) is 7.75. The summed E-state index contributed by atoms with van der Waals surface area (Å²) in [5.41, 5.74) is -0.214. The van der Waals surface area contributed by atoms with Gasteiger partial charge in [0.15, 0.2) is 0 Å². The molecule has 1 aliphatic carbocycles. The molecule has 4 nitrogen and oxygen atoms in total. The van der Waals surface area contributed by atoms with Crippen LogP contribution in [0.4, 0.5) is 0 Å². The van der Waals surface area contributed by atoms with E-state index in [2.05, 4.69) is 26.1 Å². The molecule has 2 aliphatic rings. The maximum absolute atomic E-state index is 12.5. The van der Waals surface area contributed by atoms with Gasteiger partial charge in [0.1, 0.15) is 0 Å². The highest BCUT2D eigenvalue weighted by atomic mass is 16.5. The van der Waals surface area contributed by atoms with Gasteiger partial charge in [-0.1, -0.05) is 12.8 Å². The van der Waals surface area contributed by atoms with Gasteiger partial charge in [0.25, 0.3) is 0 Å². The third kappa shape index (κ3) is 3.29. The van der Waals surface area contributed by atoms with Crippen LogP contribution in [0.3, 0.4) is 0 Å². The Morgan fingerprint density at radius 2 is 2.05 bits per heavy atom. The fourth-order valence-electron chi connectivity index (χ4n) is 3.33. The van der Waals surface area contributed by atoms with E-state index in [1.807, 2.05) is 4.90 Å². The molecular formula is C15H28N2O2. The van der Waals surface area contributed by atoms with Gasteiger partial charge in [-0.2, -0.15) is 0 Å². The number of unbranched alkanes of at least 4 members (excludes halogenated alkanes) is 1. The molecule has 1 saturated heterocycles. The monoisotopic (exact) mass is 268 g/mol.